The van der Waals surface area contributed by atoms with E-state index in [1.165, 1.54) is 0 Å². The van der Waals surface area contributed by atoms with Gasteiger partial charge in [0.2, 0.25) is 5.78 Å². The van der Waals surface area contributed by atoms with E-state index in [0.717, 1.165) is 42.9 Å². The zero-order valence-corrected chi connectivity index (χ0v) is 29.6. The smallest absolute Gasteiger partial charge is 0.203 e. The lowest BCUT2D eigenvalue weighted by atomic mass is 9.43. The van der Waals surface area contributed by atoms with E-state index in [4.69, 9.17) is 0 Å². The highest BCUT2D eigenvalue weighted by molar-refractivity contribution is 6.24. The van der Waals surface area contributed by atoms with Gasteiger partial charge in [0.05, 0.1) is 5.56 Å². The van der Waals surface area contributed by atoms with E-state index in [1.54, 1.807) is 6.92 Å². The fraction of sp³-hybridized carbons (Fsp3) is 0.667. The molecule has 7 heteroatoms. The predicted octanol–water partition coefficient (Wildman–Crippen LogP) is 7.71. The molecule has 1 aromatic carbocycles. The number of phenols is 1. The average molecular weight is 635 g/mol. The molecule has 0 spiro atoms. The van der Waals surface area contributed by atoms with E-state index in [0.29, 0.717) is 18.8 Å². The lowest BCUT2D eigenvalue weighted by Crippen LogP contribution is -2.69. The van der Waals surface area contributed by atoms with Gasteiger partial charge in [-0.15, -0.1) is 0 Å². The SMILES string of the molecule is CC(=O)C1=C(O)[C@]2(O)C(=O)C3=C(O)c4c(O)c(CC5CC(C)(C)CC(C)(C)C5)cc(C(C)C)c4C[C@]3(C)C[C@]2(C)C(C(C)C)C1=O. The molecule has 0 aliphatic heterocycles. The highest BCUT2D eigenvalue weighted by atomic mass is 16.3. The van der Waals surface area contributed by atoms with E-state index in [-0.39, 0.29) is 46.0 Å². The molecule has 0 saturated heterocycles. The van der Waals surface area contributed by atoms with Crippen LogP contribution in [0, 0.1) is 39.4 Å². The number of phenolic OH excluding ortho intramolecular Hbond substituents is 1. The molecular weight excluding hydrogens is 580 g/mol. The molecule has 0 amide bonds. The Bertz CT molecular complexity index is 1590. The van der Waals surface area contributed by atoms with Crippen molar-refractivity contribution in [2.45, 2.75) is 126 Å². The monoisotopic (exact) mass is 634 g/mol. The summed E-state index contributed by atoms with van der Waals surface area (Å²) in [6.07, 6.45) is 4.17. The molecule has 0 aromatic heterocycles. The maximum absolute atomic E-state index is 14.7. The molecule has 4 aliphatic rings. The van der Waals surface area contributed by atoms with Crippen LogP contribution in [0.5, 0.6) is 5.75 Å². The Morgan fingerprint density at radius 1 is 0.935 bits per heavy atom. The molecule has 46 heavy (non-hydrogen) atoms. The summed E-state index contributed by atoms with van der Waals surface area (Å²) in [5, 5.41) is 47.8. The number of hydrogen-bond donors (Lipinski definition) is 4. The summed E-state index contributed by atoms with van der Waals surface area (Å²) in [6.45, 7) is 21.6. The van der Waals surface area contributed by atoms with Gasteiger partial charge in [0.25, 0.3) is 0 Å². The van der Waals surface area contributed by atoms with Gasteiger partial charge in [-0.25, -0.2) is 0 Å². The van der Waals surface area contributed by atoms with E-state index < -0.39 is 56.8 Å². The van der Waals surface area contributed by atoms with Crippen molar-refractivity contribution in [2.75, 3.05) is 0 Å². The molecule has 0 heterocycles. The maximum Gasteiger partial charge on any atom is 0.203 e. The number of aliphatic hydroxyl groups is 3. The Morgan fingerprint density at radius 3 is 2.00 bits per heavy atom. The van der Waals surface area contributed by atoms with Gasteiger partial charge in [0.1, 0.15) is 22.8 Å². The van der Waals surface area contributed by atoms with Crippen LogP contribution in [0.4, 0.5) is 0 Å². The fourth-order valence-corrected chi connectivity index (χ4v) is 11.1. The minimum Gasteiger partial charge on any atom is -0.508 e. The molecule has 5 rings (SSSR count). The summed E-state index contributed by atoms with van der Waals surface area (Å²) in [5.41, 5.74) is -2.72. The third-order valence-corrected chi connectivity index (χ3v) is 11.9. The molecule has 4 N–H and O–H groups in total. The third kappa shape index (κ3) is 4.81. The molecule has 252 valence electrons. The van der Waals surface area contributed by atoms with Crippen molar-refractivity contribution in [1.82, 2.24) is 0 Å². The summed E-state index contributed by atoms with van der Waals surface area (Å²) in [7, 11) is 0. The number of rotatable bonds is 5. The molecule has 0 bridgehead atoms. The first-order valence-electron chi connectivity index (χ1n) is 17.0. The van der Waals surface area contributed by atoms with Crippen molar-refractivity contribution in [3.8, 4) is 5.75 Å². The Kier molecular flexibility index (Phi) is 7.88. The molecule has 2 saturated carbocycles. The lowest BCUT2D eigenvalue weighted by molar-refractivity contribution is -0.178. The van der Waals surface area contributed by atoms with Gasteiger partial charge in [0, 0.05) is 22.3 Å². The first kappa shape index (κ1) is 34.4. The number of aliphatic hydroxyl groups excluding tert-OH is 2. The van der Waals surface area contributed by atoms with Crippen LogP contribution in [0.1, 0.15) is 130 Å². The minimum atomic E-state index is -2.61. The topological polar surface area (TPSA) is 132 Å². The number of carbonyl (C=O) groups excluding carboxylic acids is 3. The highest BCUT2D eigenvalue weighted by Gasteiger charge is 2.72. The first-order chi connectivity index (χ1) is 20.9. The van der Waals surface area contributed by atoms with Crippen molar-refractivity contribution in [2.24, 2.45) is 39.4 Å². The maximum atomic E-state index is 14.7. The second-order valence-corrected chi connectivity index (χ2v) is 17.9. The quantitative estimate of drug-likeness (QED) is 0.244. The summed E-state index contributed by atoms with van der Waals surface area (Å²) >= 11 is 0. The van der Waals surface area contributed by atoms with E-state index in [9.17, 15) is 34.8 Å². The number of allylic oxidation sites excluding steroid dienone is 1. The number of Topliss-reactive ketones (excluding diaryl/α,β-unsaturated/α-hetero) is 3. The van der Waals surface area contributed by atoms with Gasteiger partial charge in [0.15, 0.2) is 17.2 Å². The predicted molar refractivity (Wildman–Crippen MR) is 179 cm³/mol. The van der Waals surface area contributed by atoms with Crippen molar-refractivity contribution in [1.29, 1.82) is 0 Å². The zero-order valence-electron chi connectivity index (χ0n) is 29.6. The number of hydrogen-bond acceptors (Lipinski definition) is 7. The van der Waals surface area contributed by atoms with Gasteiger partial charge >= 0.3 is 0 Å². The molecule has 0 radical (unpaired) electrons. The summed E-state index contributed by atoms with van der Waals surface area (Å²) < 4.78 is 0. The van der Waals surface area contributed by atoms with Gasteiger partial charge in [-0.05, 0) is 90.7 Å². The van der Waals surface area contributed by atoms with Crippen LogP contribution < -0.4 is 0 Å². The third-order valence-electron chi connectivity index (χ3n) is 11.9. The zero-order chi connectivity index (χ0) is 34.7. The Hall–Kier alpha value is -2.93. The van der Waals surface area contributed by atoms with Crippen LogP contribution in [-0.4, -0.2) is 43.4 Å². The van der Waals surface area contributed by atoms with Crippen molar-refractivity contribution >= 4 is 23.1 Å². The highest BCUT2D eigenvalue weighted by Crippen LogP contribution is 2.65. The van der Waals surface area contributed by atoms with Crippen LogP contribution in [0.3, 0.4) is 0 Å². The van der Waals surface area contributed by atoms with Crippen LogP contribution in [0.2, 0.25) is 0 Å². The first-order valence-corrected chi connectivity index (χ1v) is 17.0. The van der Waals surface area contributed by atoms with E-state index in [2.05, 4.69) is 47.6 Å². The summed E-state index contributed by atoms with van der Waals surface area (Å²) in [4.78, 5) is 41.1. The Morgan fingerprint density at radius 2 is 1.50 bits per heavy atom. The summed E-state index contributed by atoms with van der Waals surface area (Å²) in [5.74, 6) is -4.52. The number of benzene rings is 1. The molecular formula is C39H54O7. The normalized spacial score (nSPS) is 32.5. The van der Waals surface area contributed by atoms with Crippen molar-refractivity contribution in [3.63, 3.8) is 0 Å². The summed E-state index contributed by atoms with van der Waals surface area (Å²) in [6, 6.07) is 2.08. The molecule has 1 aromatic rings. The fourth-order valence-electron chi connectivity index (χ4n) is 11.1. The number of carbonyl (C=O) groups is 3. The van der Waals surface area contributed by atoms with Gasteiger partial charge in [-0.2, -0.15) is 0 Å². The van der Waals surface area contributed by atoms with Crippen LogP contribution in [0.15, 0.2) is 23.0 Å². The second kappa shape index (κ2) is 10.5. The standard InChI is InChI=1S/C39H54O7/c1-19(2)24-13-23(12-22-14-35(6,7)17-36(8,9)15-22)30(41)27-25(24)16-37(10)18-38(11)28(20(3)4)31(42)26(21(5)40)33(44)39(38,46)34(45)29(37)32(27)43/h13,19-20,22,28,41,43-44,46H,12,14-18H2,1-11H3/t28?,37-,38-,39+/m1/s1. The van der Waals surface area contributed by atoms with Crippen LogP contribution >= 0.6 is 0 Å². The van der Waals surface area contributed by atoms with Crippen LogP contribution in [-0.2, 0) is 27.2 Å². The van der Waals surface area contributed by atoms with Crippen LogP contribution in [0.25, 0.3) is 5.76 Å². The second-order valence-electron chi connectivity index (χ2n) is 17.9. The number of ketones is 3. The molecule has 7 nitrogen and oxygen atoms in total. The van der Waals surface area contributed by atoms with E-state index in [1.807, 2.05) is 20.8 Å². The molecule has 4 aliphatic carbocycles. The number of fused-ring (bicyclic) bond motifs is 3. The van der Waals surface area contributed by atoms with Gasteiger partial charge in [-0.1, -0.05) is 75.3 Å². The molecule has 2 fully saturated rings. The minimum absolute atomic E-state index is 0.0520. The van der Waals surface area contributed by atoms with Gasteiger partial charge < -0.3 is 20.4 Å². The van der Waals surface area contributed by atoms with E-state index >= 15 is 0 Å². The Labute approximate surface area is 274 Å². The number of aromatic hydroxyl groups is 1. The largest absolute Gasteiger partial charge is 0.508 e. The molecule has 1 unspecified atom stereocenters. The Balaban J connectivity index is 1.74. The lowest BCUT2D eigenvalue weighted by Gasteiger charge is -2.60. The van der Waals surface area contributed by atoms with Crippen molar-refractivity contribution < 1.29 is 34.8 Å². The van der Waals surface area contributed by atoms with Gasteiger partial charge in [-0.3, -0.25) is 14.4 Å². The van der Waals surface area contributed by atoms with Crippen molar-refractivity contribution in [3.05, 3.63) is 45.2 Å². The molecule has 4 atom stereocenters. The average Bonchev–Trinajstić information content (AvgIpc) is 2.85.